The molecule has 0 spiro atoms. The molecule has 1 aromatic heterocycles. The van der Waals surface area contributed by atoms with Gasteiger partial charge in [0.25, 0.3) is 0 Å². The highest BCUT2D eigenvalue weighted by molar-refractivity contribution is 14.2. The van der Waals surface area contributed by atoms with E-state index in [0.29, 0.717) is 23.5 Å². The largest absolute Gasteiger partial charge is 0.403 e. The van der Waals surface area contributed by atoms with Crippen LogP contribution in [0.4, 0.5) is 23.1 Å². The van der Waals surface area contributed by atoms with Crippen molar-refractivity contribution in [1.82, 2.24) is 10.2 Å². The summed E-state index contributed by atoms with van der Waals surface area (Å²) in [6.07, 6.45) is 1.82. The molecule has 0 aliphatic rings. The van der Waals surface area contributed by atoms with E-state index in [1.165, 1.54) is 6.21 Å². The first-order chi connectivity index (χ1) is 13.2. The number of rotatable bonds is 7. The molecule has 0 fully saturated rings. The molecule has 1 atom stereocenters. The van der Waals surface area contributed by atoms with E-state index in [4.69, 9.17) is 15.0 Å². The van der Waals surface area contributed by atoms with Gasteiger partial charge in [0, 0.05) is 47.2 Å². The second-order valence-electron chi connectivity index (χ2n) is 4.96. The maximum atomic E-state index is 9.09. The lowest BCUT2D eigenvalue weighted by Crippen LogP contribution is -2.73. The van der Waals surface area contributed by atoms with Crippen LogP contribution in [0, 0.1) is 5.41 Å². The smallest absolute Gasteiger partial charge is 0.320 e. The fourth-order valence-electron chi connectivity index (χ4n) is 2.19. The van der Waals surface area contributed by atoms with Crippen molar-refractivity contribution in [3.05, 3.63) is 48.0 Å². The second-order valence-corrected chi connectivity index (χ2v) is 7.01. The van der Waals surface area contributed by atoms with Gasteiger partial charge in [-0.15, -0.1) is 5.10 Å². The van der Waals surface area contributed by atoms with E-state index < -0.39 is 0 Å². The molecule has 8 nitrogen and oxygen atoms in total. The molecule has 2 aromatic carbocycles. The summed E-state index contributed by atoms with van der Waals surface area (Å²) in [7, 11) is 0. The number of nitrogens with zero attached hydrogens (tertiary/aromatic N) is 2. The third-order valence-electron chi connectivity index (χ3n) is 3.35. The standard InChI is InChI=1S/C15H14IN6O2P.C2H6/c16-25-22-13-5-4-11(7-10(13)8-17)18-15-20-19-14(24-15)9-2-1-3-12(6-9)21-23;1-2/h1-8,17,21-23,25H,(H,18,20);1-2H3/p+1. The minimum atomic E-state index is 0.251. The first-order valence-electron chi connectivity index (χ1n) is 8.18. The second kappa shape index (κ2) is 10.9. The topological polar surface area (TPSA) is 124 Å². The molecule has 1 heterocycles. The summed E-state index contributed by atoms with van der Waals surface area (Å²) in [6, 6.07) is 13.0. The van der Waals surface area contributed by atoms with E-state index in [0.717, 1.165) is 22.4 Å². The molecule has 0 aliphatic heterocycles. The van der Waals surface area contributed by atoms with Crippen molar-refractivity contribution in [3.8, 4) is 11.5 Å². The van der Waals surface area contributed by atoms with E-state index >= 15 is 0 Å². The quantitative estimate of drug-likeness (QED) is 0.108. The molecule has 3 rings (SSSR count). The highest BCUT2D eigenvalue weighted by atomic mass is 127. The number of anilines is 3. The number of hydrogen-bond acceptors (Lipinski definition) is 7. The minimum absolute atomic E-state index is 0.251. The first-order valence-corrected chi connectivity index (χ1v) is 12.3. The van der Waals surface area contributed by atoms with Crippen molar-refractivity contribution >= 4 is 57.7 Å². The highest BCUT2D eigenvalue weighted by Crippen LogP contribution is 2.29. The number of nitrogens with two attached hydrogens (primary N) is 1. The molecule has 142 valence electrons. The lowest BCUT2D eigenvalue weighted by atomic mass is 10.2. The third kappa shape index (κ3) is 5.70. The van der Waals surface area contributed by atoms with Crippen LogP contribution >= 0.6 is 28.4 Å². The van der Waals surface area contributed by atoms with Crippen LogP contribution in [0.15, 0.2) is 46.9 Å². The van der Waals surface area contributed by atoms with Gasteiger partial charge in [0.15, 0.2) is 5.69 Å². The number of quaternary nitrogens is 1. The Hall–Kier alpha value is -2.07. The molecular weight excluding hydrogens is 478 g/mol. The van der Waals surface area contributed by atoms with Crippen molar-refractivity contribution in [2.45, 2.75) is 13.8 Å². The van der Waals surface area contributed by atoms with Gasteiger partial charge in [-0.1, -0.05) is 25.0 Å². The van der Waals surface area contributed by atoms with Gasteiger partial charge in [-0.25, -0.2) is 5.21 Å². The van der Waals surface area contributed by atoms with Crippen molar-refractivity contribution < 1.29 is 15.1 Å². The van der Waals surface area contributed by atoms with Crippen LogP contribution in [0.2, 0.25) is 0 Å². The number of halogens is 1. The van der Waals surface area contributed by atoms with Gasteiger partial charge in [-0.2, -0.15) is 5.48 Å². The van der Waals surface area contributed by atoms with E-state index in [9.17, 15) is 0 Å². The van der Waals surface area contributed by atoms with Gasteiger partial charge in [-0.3, -0.25) is 0 Å². The Bertz CT molecular complexity index is 889. The molecule has 6 N–H and O–H groups in total. The summed E-state index contributed by atoms with van der Waals surface area (Å²) in [6.45, 7) is 4.00. The molecule has 0 aliphatic carbocycles. The molecule has 0 saturated carbocycles. The van der Waals surface area contributed by atoms with E-state index in [1.54, 1.807) is 18.2 Å². The van der Waals surface area contributed by atoms with Gasteiger partial charge in [0.2, 0.25) is 5.89 Å². The summed E-state index contributed by atoms with van der Waals surface area (Å²) in [5, 5.41) is 30.9. The van der Waals surface area contributed by atoms with Crippen LogP contribution in [0.1, 0.15) is 19.4 Å². The average molecular weight is 499 g/mol. The summed E-state index contributed by atoms with van der Waals surface area (Å²) in [5.74, 6) is 0.350. The van der Waals surface area contributed by atoms with Crippen molar-refractivity contribution in [3.63, 3.8) is 0 Å². The van der Waals surface area contributed by atoms with Crippen molar-refractivity contribution in [2.75, 3.05) is 10.4 Å². The Balaban J connectivity index is 0.00000126. The van der Waals surface area contributed by atoms with Gasteiger partial charge < -0.3 is 20.2 Å². The Kier molecular flexibility index (Phi) is 8.59. The number of benzene rings is 2. The summed E-state index contributed by atoms with van der Waals surface area (Å²) in [4.78, 5) is 0. The maximum absolute atomic E-state index is 9.09. The lowest BCUT2D eigenvalue weighted by molar-refractivity contribution is -0.825. The Morgan fingerprint density at radius 3 is 2.74 bits per heavy atom. The van der Waals surface area contributed by atoms with Crippen LogP contribution in [-0.4, -0.2) is 21.6 Å². The molecule has 0 amide bonds. The fourth-order valence-corrected chi connectivity index (χ4v) is 3.39. The zero-order valence-corrected chi connectivity index (χ0v) is 18.0. The summed E-state index contributed by atoms with van der Waals surface area (Å²) < 4.78 is 5.62. The van der Waals surface area contributed by atoms with Gasteiger partial charge in [0.05, 0.1) is 0 Å². The Morgan fingerprint density at radius 2 is 2.04 bits per heavy atom. The predicted octanol–water partition coefficient (Wildman–Crippen LogP) is 4.44. The zero-order valence-electron chi connectivity index (χ0n) is 14.8. The highest BCUT2D eigenvalue weighted by Gasteiger charge is 2.11. The maximum Gasteiger partial charge on any atom is 0.320 e. The molecule has 0 saturated heterocycles. The van der Waals surface area contributed by atoms with Crippen LogP contribution in [-0.2, 0) is 0 Å². The van der Waals surface area contributed by atoms with Crippen LogP contribution in [0.25, 0.3) is 11.5 Å². The molecule has 0 radical (unpaired) electrons. The number of nitrogens with one attached hydrogen (secondary N) is 3. The predicted molar refractivity (Wildman–Crippen MR) is 118 cm³/mol. The van der Waals surface area contributed by atoms with Crippen LogP contribution < -0.4 is 15.9 Å². The van der Waals surface area contributed by atoms with Crippen molar-refractivity contribution in [2.24, 2.45) is 0 Å². The monoisotopic (exact) mass is 499 g/mol. The number of aromatic nitrogens is 2. The number of hydrogen-bond donors (Lipinski definition) is 5. The summed E-state index contributed by atoms with van der Waals surface area (Å²) >= 11 is 2.24. The first kappa shape index (κ1) is 21.2. The SMILES string of the molecule is CC.N=Cc1cc(Nc2nnc(-c3cccc([NH2+]O)c3)o2)ccc1NPI. The Morgan fingerprint density at radius 1 is 1.22 bits per heavy atom. The average Bonchev–Trinajstić information content (AvgIpc) is 3.19. The fraction of sp³-hybridized carbons (Fsp3) is 0.118. The third-order valence-corrected chi connectivity index (χ3v) is 4.52. The lowest BCUT2D eigenvalue weighted by Gasteiger charge is -2.08. The van der Waals surface area contributed by atoms with Crippen LogP contribution in [0.3, 0.4) is 0 Å². The normalized spacial score (nSPS) is 10.4. The van der Waals surface area contributed by atoms with Gasteiger partial charge >= 0.3 is 6.01 Å². The molecule has 1 unspecified atom stereocenters. The minimum Gasteiger partial charge on any atom is -0.403 e. The molecule has 10 heteroatoms. The molecule has 0 bridgehead atoms. The molecule has 3 aromatic rings. The summed E-state index contributed by atoms with van der Waals surface area (Å²) in [5.41, 5.74) is 4.79. The van der Waals surface area contributed by atoms with Crippen molar-refractivity contribution in [1.29, 1.82) is 5.41 Å². The van der Waals surface area contributed by atoms with E-state index in [-0.39, 0.29) is 6.01 Å². The van der Waals surface area contributed by atoms with Crippen LogP contribution in [0.5, 0.6) is 0 Å². The molecular formula is C17H21IN6O2P+. The molecule has 27 heavy (non-hydrogen) atoms. The van der Waals surface area contributed by atoms with Gasteiger partial charge in [0.1, 0.15) is 0 Å². The Labute approximate surface area is 172 Å². The van der Waals surface area contributed by atoms with E-state index in [2.05, 4.69) is 42.6 Å². The zero-order chi connectivity index (χ0) is 19.6. The van der Waals surface area contributed by atoms with E-state index in [1.807, 2.05) is 38.1 Å². The van der Waals surface area contributed by atoms with Gasteiger partial charge in [-0.05, 0) is 46.3 Å².